The van der Waals surface area contributed by atoms with E-state index in [0.717, 1.165) is 18.4 Å². The Labute approximate surface area is 138 Å². The first-order valence-electron chi connectivity index (χ1n) is 7.91. The van der Waals surface area contributed by atoms with Crippen LogP contribution in [0.1, 0.15) is 34.1 Å². The molecule has 0 aliphatic heterocycles. The average Bonchev–Trinajstić information content (AvgIpc) is 3.23. The smallest absolute Gasteiger partial charge is 0.269 e. The van der Waals surface area contributed by atoms with E-state index in [9.17, 15) is 9.18 Å². The van der Waals surface area contributed by atoms with Crippen LogP contribution in [0.15, 0.2) is 54.6 Å². The molecule has 0 saturated heterocycles. The topological polar surface area (TPSA) is 57.8 Å². The third kappa shape index (κ3) is 2.69. The summed E-state index contributed by atoms with van der Waals surface area (Å²) in [5.41, 5.74) is 4.26. The number of carbonyl (C=O) groups is 1. The van der Waals surface area contributed by atoms with Crippen molar-refractivity contribution >= 4 is 5.91 Å². The second kappa shape index (κ2) is 5.92. The van der Waals surface area contributed by atoms with Crippen molar-refractivity contribution in [2.45, 2.75) is 18.9 Å². The summed E-state index contributed by atoms with van der Waals surface area (Å²) < 4.78 is 13.0. The number of hydrogen-bond acceptors (Lipinski definition) is 2. The lowest BCUT2D eigenvalue weighted by Crippen LogP contribution is -2.27. The zero-order valence-electron chi connectivity index (χ0n) is 12.9. The van der Waals surface area contributed by atoms with E-state index < -0.39 is 0 Å². The minimum atomic E-state index is -0.299. The van der Waals surface area contributed by atoms with E-state index in [4.69, 9.17) is 0 Å². The van der Waals surface area contributed by atoms with Crippen LogP contribution in [0, 0.1) is 5.82 Å². The van der Waals surface area contributed by atoms with Gasteiger partial charge in [-0.25, -0.2) is 4.39 Å². The van der Waals surface area contributed by atoms with Gasteiger partial charge in [-0.2, -0.15) is 5.10 Å². The van der Waals surface area contributed by atoms with Crippen LogP contribution in [0.4, 0.5) is 4.39 Å². The second-order valence-corrected chi connectivity index (χ2v) is 5.94. The molecular weight excluding hydrogens is 305 g/mol. The maximum atomic E-state index is 13.0. The Morgan fingerprint density at radius 2 is 1.96 bits per heavy atom. The standard InChI is InChI=1S/C19H16FN3O/c20-14-8-5-13(6-9-14)17-11-18(23-22-17)19(24)21-16-10-7-12-3-1-2-4-15(12)16/h1-6,8-9,11,16H,7,10H2,(H,21,24)(H,22,23). The van der Waals surface area contributed by atoms with Crippen molar-refractivity contribution in [2.75, 3.05) is 0 Å². The first-order chi connectivity index (χ1) is 11.7. The number of amides is 1. The number of nitrogens with one attached hydrogen (secondary N) is 2. The summed E-state index contributed by atoms with van der Waals surface area (Å²) in [4.78, 5) is 12.5. The van der Waals surface area contributed by atoms with Gasteiger partial charge in [-0.05, 0) is 54.3 Å². The molecule has 2 aromatic carbocycles. The fraction of sp³-hybridized carbons (Fsp3) is 0.158. The maximum absolute atomic E-state index is 13.0. The number of H-pyrrole nitrogens is 1. The third-order valence-corrected chi connectivity index (χ3v) is 4.40. The highest BCUT2D eigenvalue weighted by molar-refractivity contribution is 5.93. The van der Waals surface area contributed by atoms with Crippen molar-refractivity contribution in [2.24, 2.45) is 0 Å². The van der Waals surface area contributed by atoms with Gasteiger partial charge in [-0.3, -0.25) is 9.89 Å². The Morgan fingerprint density at radius 1 is 1.17 bits per heavy atom. The van der Waals surface area contributed by atoms with Crippen LogP contribution in [0.2, 0.25) is 0 Å². The molecule has 4 rings (SSSR count). The SMILES string of the molecule is O=C(NC1CCc2ccccc21)c1cc(-c2ccc(F)cc2)n[nH]1. The quantitative estimate of drug-likeness (QED) is 0.774. The summed E-state index contributed by atoms with van der Waals surface area (Å²) in [6, 6.07) is 15.9. The molecular formula is C19H16FN3O. The molecule has 0 fully saturated rings. The van der Waals surface area contributed by atoms with Gasteiger partial charge in [0.25, 0.3) is 5.91 Å². The number of aromatic amines is 1. The molecule has 4 nitrogen and oxygen atoms in total. The van der Waals surface area contributed by atoms with E-state index in [1.165, 1.54) is 23.3 Å². The molecule has 1 amide bonds. The molecule has 24 heavy (non-hydrogen) atoms. The number of aromatic nitrogens is 2. The Morgan fingerprint density at radius 3 is 2.79 bits per heavy atom. The van der Waals surface area contributed by atoms with Crippen LogP contribution >= 0.6 is 0 Å². The van der Waals surface area contributed by atoms with Crippen molar-refractivity contribution < 1.29 is 9.18 Å². The largest absolute Gasteiger partial charge is 0.344 e. The minimum absolute atomic E-state index is 0.0336. The van der Waals surface area contributed by atoms with Crippen LogP contribution < -0.4 is 5.32 Å². The highest BCUT2D eigenvalue weighted by atomic mass is 19.1. The monoisotopic (exact) mass is 321 g/mol. The van der Waals surface area contributed by atoms with E-state index in [-0.39, 0.29) is 17.8 Å². The Balaban J connectivity index is 1.51. The van der Waals surface area contributed by atoms with Gasteiger partial charge >= 0.3 is 0 Å². The first-order valence-corrected chi connectivity index (χ1v) is 7.91. The molecule has 1 aromatic heterocycles. The summed E-state index contributed by atoms with van der Waals surface area (Å²) in [6.45, 7) is 0. The van der Waals surface area contributed by atoms with Crippen LogP contribution in [-0.2, 0) is 6.42 Å². The van der Waals surface area contributed by atoms with Crippen LogP contribution in [-0.4, -0.2) is 16.1 Å². The summed E-state index contributed by atoms with van der Waals surface area (Å²) in [5, 5.41) is 9.96. The van der Waals surface area contributed by atoms with Gasteiger partial charge in [-0.1, -0.05) is 24.3 Å². The van der Waals surface area contributed by atoms with E-state index in [2.05, 4.69) is 27.6 Å². The molecule has 0 saturated carbocycles. The van der Waals surface area contributed by atoms with Gasteiger partial charge in [0, 0.05) is 5.56 Å². The van der Waals surface area contributed by atoms with Crippen molar-refractivity contribution in [3.8, 4) is 11.3 Å². The van der Waals surface area contributed by atoms with Gasteiger partial charge < -0.3 is 5.32 Å². The lowest BCUT2D eigenvalue weighted by molar-refractivity contribution is 0.0931. The molecule has 1 unspecified atom stereocenters. The third-order valence-electron chi connectivity index (χ3n) is 4.40. The fourth-order valence-corrected chi connectivity index (χ4v) is 3.15. The highest BCUT2D eigenvalue weighted by Crippen LogP contribution is 2.31. The van der Waals surface area contributed by atoms with Gasteiger partial charge in [0.15, 0.2) is 0 Å². The normalized spacial score (nSPS) is 16.0. The van der Waals surface area contributed by atoms with E-state index in [1.54, 1.807) is 18.2 Å². The van der Waals surface area contributed by atoms with E-state index >= 15 is 0 Å². The molecule has 1 heterocycles. The number of nitrogens with zero attached hydrogens (tertiary/aromatic N) is 1. The predicted molar refractivity (Wildman–Crippen MR) is 89.0 cm³/mol. The van der Waals surface area contributed by atoms with Gasteiger partial charge in [0.1, 0.15) is 11.5 Å². The summed E-state index contributed by atoms with van der Waals surface area (Å²) in [5.74, 6) is -0.482. The molecule has 0 bridgehead atoms. The number of halogens is 1. The number of hydrogen-bond donors (Lipinski definition) is 2. The van der Waals surface area contributed by atoms with E-state index in [1.807, 2.05) is 12.1 Å². The van der Waals surface area contributed by atoms with Crippen molar-refractivity contribution in [3.63, 3.8) is 0 Å². The van der Waals surface area contributed by atoms with Crippen LogP contribution in [0.5, 0.6) is 0 Å². The van der Waals surface area contributed by atoms with Crippen LogP contribution in [0.25, 0.3) is 11.3 Å². The van der Waals surface area contributed by atoms with Gasteiger partial charge in [0.05, 0.1) is 11.7 Å². The zero-order valence-corrected chi connectivity index (χ0v) is 12.9. The molecule has 1 atom stereocenters. The molecule has 1 aliphatic rings. The van der Waals surface area contributed by atoms with Gasteiger partial charge in [-0.15, -0.1) is 0 Å². The summed E-state index contributed by atoms with van der Waals surface area (Å²) >= 11 is 0. The molecule has 0 radical (unpaired) electrons. The lowest BCUT2D eigenvalue weighted by atomic mass is 10.1. The van der Waals surface area contributed by atoms with Crippen LogP contribution in [0.3, 0.4) is 0 Å². The molecule has 1 aliphatic carbocycles. The molecule has 120 valence electrons. The molecule has 0 spiro atoms. The maximum Gasteiger partial charge on any atom is 0.269 e. The van der Waals surface area contributed by atoms with Crippen molar-refractivity contribution in [1.82, 2.24) is 15.5 Å². The van der Waals surface area contributed by atoms with Crippen molar-refractivity contribution in [1.29, 1.82) is 0 Å². The number of carbonyl (C=O) groups excluding carboxylic acids is 1. The zero-order chi connectivity index (χ0) is 16.5. The number of rotatable bonds is 3. The number of fused-ring (bicyclic) bond motifs is 1. The number of benzene rings is 2. The molecule has 3 aromatic rings. The summed E-state index contributed by atoms with van der Waals surface area (Å²) in [6.07, 6.45) is 1.88. The molecule has 2 N–H and O–H groups in total. The Hall–Kier alpha value is -2.95. The second-order valence-electron chi connectivity index (χ2n) is 5.94. The minimum Gasteiger partial charge on any atom is -0.344 e. The number of aryl methyl sites for hydroxylation is 1. The molecule has 5 heteroatoms. The Bertz CT molecular complexity index is 886. The Kier molecular flexibility index (Phi) is 3.61. The average molecular weight is 321 g/mol. The first kappa shape index (κ1) is 14.6. The lowest BCUT2D eigenvalue weighted by Gasteiger charge is -2.13. The summed E-state index contributed by atoms with van der Waals surface area (Å²) in [7, 11) is 0. The fourth-order valence-electron chi connectivity index (χ4n) is 3.15. The highest BCUT2D eigenvalue weighted by Gasteiger charge is 2.24. The van der Waals surface area contributed by atoms with Crippen molar-refractivity contribution in [3.05, 3.63) is 77.2 Å². The van der Waals surface area contributed by atoms with Gasteiger partial charge in [0.2, 0.25) is 0 Å². The predicted octanol–water partition coefficient (Wildman–Crippen LogP) is 3.63. The van der Waals surface area contributed by atoms with E-state index in [0.29, 0.717) is 11.4 Å².